The number of fused-ring (bicyclic) bond motifs is 5. The first kappa shape index (κ1) is 42.9. The lowest BCUT2D eigenvalue weighted by molar-refractivity contribution is -0.151. The SMILES string of the molecule is CCCCCCCCCCCCCCCCCCCC(=O)O[C@H]1CC[C@@]2(C)C(=CC[C@H]3[C@@H]4CC[C@H]([C@H](C)CC[C@@H](CC)C(C)C)[C@@]4(C)CC[C@@H]32)C1. The molecule has 0 spiro atoms. The molecule has 4 rings (SSSR count). The lowest BCUT2D eigenvalue weighted by Crippen LogP contribution is -2.51. The number of ether oxygens (including phenoxy) is 1. The molecule has 0 N–H and O–H groups in total. The lowest BCUT2D eigenvalue weighted by atomic mass is 9.47. The summed E-state index contributed by atoms with van der Waals surface area (Å²) in [5.41, 5.74) is 2.52. The molecule has 2 heteroatoms. The maximum atomic E-state index is 12.9. The second-order valence-corrected chi connectivity index (χ2v) is 19.7. The fraction of sp³-hybridized carbons (Fsp3) is 0.939. The van der Waals surface area contributed by atoms with Crippen LogP contribution in [-0.2, 0) is 9.53 Å². The van der Waals surface area contributed by atoms with E-state index in [-0.39, 0.29) is 12.1 Å². The molecule has 3 saturated carbocycles. The number of hydrogen-bond donors (Lipinski definition) is 0. The molecule has 0 aliphatic heterocycles. The molecule has 0 amide bonds. The number of hydrogen-bond acceptors (Lipinski definition) is 2. The van der Waals surface area contributed by atoms with Crippen LogP contribution in [0.4, 0.5) is 0 Å². The van der Waals surface area contributed by atoms with Crippen LogP contribution < -0.4 is 0 Å². The van der Waals surface area contributed by atoms with Crippen LogP contribution >= 0.6 is 0 Å². The Bertz CT molecular complexity index is 1010. The van der Waals surface area contributed by atoms with Crippen molar-refractivity contribution in [3.63, 3.8) is 0 Å². The van der Waals surface area contributed by atoms with Crippen LogP contribution in [0.5, 0.6) is 0 Å². The summed E-state index contributed by atoms with van der Waals surface area (Å²) in [6, 6.07) is 0. The largest absolute Gasteiger partial charge is 0.462 e. The molecule has 9 atom stereocenters. The van der Waals surface area contributed by atoms with Crippen LogP contribution in [-0.4, -0.2) is 12.1 Å². The third kappa shape index (κ3) is 12.1. The van der Waals surface area contributed by atoms with Gasteiger partial charge in [-0.3, -0.25) is 4.79 Å². The van der Waals surface area contributed by atoms with E-state index >= 15 is 0 Å². The third-order valence-corrected chi connectivity index (χ3v) is 16.1. The van der Waals surface area contributed by atoms with Crippen molar-refractivity contribution >= 4 is 5.97 Å². The van der Waals surface area contributed by atoms with Gasteiger partial charge in [-0.2, -0.15) is 0 Å². The molecular weight excluding hydrogens is 621 g/mol. The quantitative estimate of drug-likeness (QED) is 0.0536. The summed E-state index contributed by atoms with van der Waals surface area (Å²) in [5.74, 6) is 6.18. The fourth-order valence-electron chi connectivity index (χ4n) is 12.6. The van der Waals surface area contributed by atoms with Crippen molar-refractivity contribution in [2.75, 3.05) is 0 Å². The van der Waals surface area contributed by atoms with E-state index in [4.69, 9.17) is 4.74 Å². The Kier molecular flexibility index (Phi) is 18.5. The molecule has 0 bridgehead atoms. The zero-order chi connectivity index (χ0) is 36.7. The van der Waals surface area contributed by atoms with Gasteiger partial charge in [-0.1, -0.05) is 176 Å². The minimum Gasteiger partial charge on any atom is -0.462 e. The smallest absolute Gasteiger partial charge is 0.306 e. The number of rotatable bonds is 25. The predicted molar refractivity (Wildman–Crippen MR) is 221 cm³/mol. The predicted octanol–water partition coefficient (Wildman–Crippen LogP) is 15.6. The van der Waals surface area contributed by atoms with E-state index in [2.05, 4.69) is 54.5 Å². The van der Waals surface area contributed by atoms with Crippen molar-refractivity contribution in [2.45, 2.75) is 241 Å². The van der Waals surface area contributed by atoms with Crippen LogP contribution in [0.3, 0.4) is 0 Å². The maximum absolute atomic E-state index is 12.9. The van der Waals surface area contributed by atoms with Crippen molar-refractivity contribution in [2.24, 2.45) is 52.3 Å². The minimum absolute atomic E-state index is 0.0667. The van der Waals surface area contributed by atoms with Gasteiger partial charge in [0.15, 0.2) is 0 Å². The van der Waals surface area contributed by atoms with Crippen LogP contribution in [0.15, 0.2) is 11.6 Å². The van der Waals surface area contributed by atoms with Crippen molar-refractivity contribution in [3.8, 4) is 0 Å². The van der Waals surface area contributed by atoms with Crippen LogP contribution in [0.25, 0.3) is 0 Å². The second kappa shape index (κ2) is 21.9. The van der Waals surface area contributed by atoms with E-state index in [9.17, 15) is 4.79 Å². The van der Waals surface area contributed by atoms with Gasteiger partial charge in [-0.25, -0.2) is 0 Å². The van der Waals surface area contributed by atoms with E-state index in [1.807, 2.05) is 0 Å². The molecule has 0 aromatic carbocycles. The molecule has 4 aliphatic rings. The van der Waals surface area contributed by atoms with Crippen LogP contribution in [0.1, 0.15) is 235 Å². The first-order valence-electron chi connectivity index (χ1n) is 23.5. The molecule has 0 unspecified atom stereocenters. The van der Waals surface area contributed by atoms with Crippen molar-refractivity contribution in [1.29, 1.82) is 0 Å². The fourth-order valence-corrected chi connectivity index (χ4v) is 12.6. The molecule has 0 aromatic heterocycles. The van der Waals surface area contributed by atoms with Crippen LogP contribution in [0.2, 0.25) is 0 Å². The highest BCUT2D eigenvalue weighted by molar-refractivity contribution is 5.69. The van der Waals surface area contributed by atoms with Gasteiger partial charge in [0.1, 0.15) is 6.10 Å². The Morgan fingerprint density at radius 3 is 1.88 bits per heavy atom. The monoisotopic (exact) mass is 709 g/mol. The van der Waals surface area contributed by atoms with Crippen molar-refractivity contribution < 1.29 is 9.53 Å². The summed E-state index contributed by atoms with van der Waals surface area (Å²) < 4.78 is 6.16. The molecule has 0 saturated heterocycles. The normalized spacial score (nSPS) is 31.5. The number of allylic oxidation sites excluding steroid dienone is 1. The number of esters is 1. The van der Waals surface area contributed by atoms with Gasteiger partial charge in [0.05, 0.1) is 0 Å². The van der Waals surface area contributed by atoms with Crippen LogP contribution in [0, 0.1) is 52.3 Å². The molecule has 0 aromatic rings. The molecule has 51 heavy (non-hydrogen) atoms. The van der Waals surface area contributed by atoms with Crippen molar-refractivity contribution in [3.05, 3.63) is 11.6 Å². The molecule has 3 fully saturated rings. The highest BCUT2D eigenvalue weighted by Gasteiger charge is 2.59. The standard InChI is InChI=1S/C49H88O2/c1-8-10-11-12-13-14-15-16-17-18-19-20-21-22-23-24-25-26-47(50)51-42-33-35-48(6)41(37-42)29-30-43-45-32-31-44(49(45,7)36-34-46(43)48)39(5)27-28-40(9-2)38(3)4/h29,38-40,42-46H,8-28,30-37H2,1-7H3/t39-,40-,42+,43+,44-,45+,46+,48+,49-/m1/s1. The maximum Gasteiger partial charge on any atom is 0.306 e. The topological polar surface area (TPSA) is 26.3 Å². The molecular formula is C49H88O2. The van der Waals surface area contributed by atoms with Gasteiger partial charge in [0, 0.05) is 12.8 Å². The van der Waals surface area contributed by atoms with Crippen molar-refractivity contribution in [1.82, 2.24) is 0 Å². The molecule has 2 nitrogen and oxygen atoms in total. The first-order chi connectivity index (χ1) is 24.6. The van der Waals surface area contributed by atoms with E-state index < -0.39 is 0 Å². The Morgan fingerprint density at radius 2 is 1.31 bits per heavy atom. The van der Waals surface area contributed by atoms with Gasteiger partial charge < -0.3 is 4.74 Å². The Labute approximate surface area is 319 Å². The molecule has 4 aliphatic carbocycles. The zero-order valence-electron chi connectivity index (χ0n) is 35.5. The average Bonchev–Trinajstić information content (AvgIpc) is 3.47. The lowest BCUT2D eigenvalue weighted by Gasteiger charge is -2.58. The summed E-state index contributed by atoms with van der Waals surface area (Å²) in [4.78, 5) is 12.9. The van der Waals surface area contributed by atoms with E-state index in [0.29, 0.717) is 17.3 Å². The Hall–Kier alpha value is -0.790. The van der Waals surface area contributed by atoms with E-state index in [1.165, 1.54) is 161 Å². The molecule has 296 valence electrons. The molecule has 0 radical (unpaired) electrons. The highest BCUT2D eigenvalue weighted by Crippen LogP contribution is 2.67. The highest BCUT2D eigenvalue weighted by atomic mass is 16.5. The minimum atomic E-state index is 0.0667. The first-order valence-corrected chi connectivity index (χ1v) is 23.5. The zero-order valence-corrected chi connectivity index (χ0v) is 35.5. The summed E-state index contributed by atoms with van der Waals surface area (Å²) in [5, 5.41) is 0. The summed E-state index contributed by atoms with van der Waals surface area (Å²) >= 11 is 0. The average molecular weight is 709 g/mol. The van der Waals surface area contributed by atoms with Gasteiger partial charge in [0.25, 0.3) is 0 Å². The molecule has 0 heterocycles. The summed E-state index contributed by atoms with van der Waals surface area (Å²) in [6.07, 6.45) is 41.3. The van der Waals surface area contributed by atoms with E-state index in [1.54, 1.807) is 5.57 Å². The second-order valence-electron chi connectivity index (χ2n) is 19.7. The van der Waals surface area contributed by atoms with Gasteiger partial charge >= 0.3 is 5.97 Å². The Balaban J connectivity index is 1.08. The van der Waals surface area contributed by atoms with Gasteiger partial charge in [0.2, 0.25) is 0 Å². The number of unbranched alkanes of at least 4 members (excludes halogenated alkanes) is 16. The summed E-state index contributed by atoms with van der Waals surface area (Å²) in [7, 11) is 0. The number of carbonyl (C=O) groups is 1. The Morgan fingerprint density at radius 1 is 0.725 bits per heavy atom. The van der Waals surface area contributed by atoms with Gasteiger partial charge in [-0.05, 0) is 110 Å². The third-order valence-electron chi connectivity index (χ3n) is 16.1. The van der Waals surface area contributed by atoms with Gasteiger partial charge in [-0.15, -0.1) is 0 Å². The summed E-state index contributed by atoms with van der Waals surface area (Å²) in [6.45, 7) is 17.5. The van der Waals surface area contributed by atoms with E-state index in [0.717, 1.165) is 60.7 Å². The number of carbonyl (C=O) groups excluding carboxylic acids is 1.